The van der Waals surface area contributed by atoms with Crippen molar-refractivity contribution in [1.82, 2.24) is 0 Å². The van der Waals surface area contributed by atoms with Crippen molar-refractivity contribution < 1.29 is 5.11 Å². The maximum absolute atomic E-state index is 10.0. The summed E-state index contributed by atoms with van der Waals surface area (Å²) in [6.07, 6.45) is 3.75. The third-order valence-electron chi connectivity index (χ3n) is 3.06. The minimum absolute atomic E-state index is 0.362. The highest BCUT2D eigenvalue weighted by Gasteiger charge is 2.23. The average molecular weight is 214 g/mol. The highest BCUT2D eigenvalue weighted by molar-refractivity contribution is 5.30. The van der Waals surface area contributed by atoms with E-state index in [0.29, 0.717) is 0 Å². The lowest BCUT2D eigenvalue weighted by Crippen LogP contribution is -1.97. The molecular formula is C15H18O. The summed E-state index contributed by atoms with van der Waals surface area (Å²) in [5.74, 6) is 6.59. The Labute approximate surface area is 97.5 Å². The largest absolute Gasteiger partial charge is 0.388 e. The molecule has 1 unspecified atom stereocenters. The molecule has 0 radical (unpaired) electrons. The lowest BCUT2D eigenvalue weighted by atomic mass is 10.0. The molecule has 0 amide bonds. The fourth-order valence-corrected chi connectivity index (χ4v) is 1.94. The van der Waals surface area contributed by atoms with E-state index in [0.717, 1.165) is 24.3 Å². The first-order chi connectivity index (χ1) is 7.81. The Morgan fingerprint density at radius 2 is 2.25 bits per heavy atom. The van der Waals surface area contributed by atoms with Crippen LogP contribution in [0.25, 0.3) is 0 Å². The van der Waals surface area contributed by atoms with Gasteiger partial charge in [-0.05, 0) is 43.2 Å². The smallest absolute Gasteiger partial charge is 0.0799 e. The normalized spacial score (nSPS) is 16.4. The fourth-order valence-electron chi connectivity index (χ4n) is 1.94. The van der Waals surface area contributed by atoms with Gasteiger partial charge in [-0.3, -0.25) is 0 Å². The predicted molar refractivity (Wildman–Crippen MR) is 66.1 cm³/mol. The van der Waals surface area contributed by atoms with Gasteiger partial charge >= 0.3 is 0 Å². The van der Waals surface area contributed by atoms with Crippen LogP contribution in [0.2, 0.25) is 0 Å². The summed E-state index contributed by atoms with van der Waals surface area (Å²) >= 11 is 0. The minimum atomic E-state index is -0.362. The summed E-state index contributed by atoms with van der Waals surface area (Å²) in [5, 5.41) is 10.0. The number of benzene rings is 1. The maximum Gasteiger partial charge on any atom is 0.0799 e. The summed E-state index contributed by atoms with van der Waals surface area (Å²) in [6.45, 7) is 1.83. The lowest BCUT2D eigenvalue weighted by molar-refractivity contribution is 0.169. The van der Waals surface area contributed by atoms with Crippen LogP contribution in [0.4, 0.5) is 0 Å². The van der Waals surface area contributed by atoms with Gasteiger partial charge in [0.15, 0.2) is 0 Å². The van der Waals surface area contributed by atoms with E-state index < -0.39 is 0 Å². The molecule has 1 aromatic rings. The number of rotatable bonds is 4. The van der Waals surface area contributed by atoms with E-state index >= 15 is 0 Å². The van der Waals surface area contributed by atoms with E-state index in [4.69, 9.17) is 0 Å². The number of aliphatic hydroxyl groups is 1. The molecule has 16 heavy (non-hydrogen) atoms. The summed E-state index contributed by atoms with van der Waals surface area (Å²) < 4.78 is 0. The van der Waals surface area contributed by atoms with Gasteiger partial charge in [0.2, 0.25) is 0 Å². The van der Waals surface area contributed by atoms with Gasteiger partial charge in [-0.1, -0.05) is 24.3 Å². The van der Waals surface area contributed by atoms with Crippen LogP contribution < -0.4 is 0 Å². The molecule has 1 atom stereocenters. The van der Waals surface area contributed by atoms with Gasteiger partial charge < -0.3 is 5.11 Å². The minimum Gasteiger partial charge on any atom is -0.388 e. The Hall–Kier alpha value is -1.26. The first-order valence-electron chi connectivity index (χ1n) is 5.99. The first-order valence-corrected chi connectivity index (χ1v) is 5.99. The van der Waals surface area contributed by atoms with Crippen molar-refractivity contribution in [1.29, 1.82) is 0 Å². The molecule has 1 nitrogen and oxygen atoms in total. The molecular weight excluding hydrogens is 196 g/mol. The van der Waals surface area contributed by atoms with Crippen LogP contribution in [0.15, 0.2) is 24.3 Å². The Kier molecular flexibility index (Phi) is 3.64. The molecule has 0 heterocycles. The second-order valence-electron chi connectivity index (χ2n) is 4.43. The first kappa shape index (κ1) is 11.2. The predicted octanol–water partition coefficient (Wildman–Crippen LogP) is 3.40. The van der Waals surface area contributed by atoms with Crippen molar-refractivity contribution in [2.75, 3.05) is 0 Å². The molecule has 84 valence electrons. The second-order valence-corrected chi connectivity index (χ2v) is 4.43. The highest BCUT2D eigenvalue weighted by Crippen LogP contribution is 2.40. The average Bonchev–Trinajstić information content (AvgIpc) is 3.13. The van der Waals surface area contributed by atoms with Crippen LogP contribution in [0.1, 0.15) is 55.8 Å². The second kappa shape index (κ2) is 5.18. The molecule has 2 rings (SSSR count). The number of hydrogen-bond acceptors (Lipinski definition) is 1. The van der Waals surface area contributed by atoms with E-state index in [-0.39, 0.29) is 6.10 Å². The molecule has 1 aliphatic rings. The summed E-state index contributed by atoms with van der Waals surface area (Å²) in [5.41, 5.74) is 2.43. The van der Waals surface area contributed by atoms with Crippen LogP contribution in [0.3, 0.4) is 0 Å². The van der Waals surface area contributed by atoms with Gasteiger partial charge in [0.25, 0.3) is 0 Å². The zero-order chi connectivity index (χ0) is 11.4. The van der Waals surface area contributed by atoms with Crippen molar-refractivity contribution in [2.24, 2.45) is 0 Å². The molecule has 1 aromatic carbocycles. The zero-order valence-electron chi connectivity index (χ0n) is 9.74. The molecule has 0 aliphatic heterocycles. The van der Waals surface area contributed by atoms with Crippen LogP contribution in [0, 0.1) is 11.8 Å². The number of hydrogen-bond donors (Lipinski definition) is 1. The summed E-state index contributed by atoms with van der Waals surface area (Å²) in [4.78, 5) is 0. The van der Waals surface area contributed by atoms with Crippen LogP contribution in [-0.2, 0) is 0 Å². The van der Waals surface area contributed by atoms with Gasteiger partial charge in [-0.2, -0.15) is 0 Å². The Balaban J connectivity index is 2.00. The SMILES string of the molecule is CC#CCCC(O)c1cccc(C2CC2)c1. The van der Waals surface area contributed by atoms with Crippen LogP contribution >= 0.6 is 0 Å². The topological polar surface area (TPSA) is 20.2 Å². The standard InChI is InChI=1S/C15H18O/c1-2-3-4-8-15(16)14-7-5-6-13(11-14)12-9-10-12/h5-7,11-12,15-16H,4,8-10H2,1H3. The molecule has 0 spiro atoms. The zero-order valence-corrected chi connectivity index (χ0v) is 9.74. The molecule has 1 N–H and O–H groups in total. The van der Waals surface area contributed by atoms with Gasteiger partial charge in [-0.25, -0.2) is 0 Å². The monoisotopic (exact) mass is 214 g/mol. The van der Waals surface area contributed by atoms with Crippen molar-refractivity contribution in [3.63, 3.8) is 0 Å². The van der Waals surface area contributed by atoms with Crippen molar-refractivity contribution in [2.45, 2.75) is 44.6 Å². The maximum atomic E-state index is 10.0. The lowest BCUT2D eigenvalue weighted by Gasteiger charge is -2.10. The summed E-state index contributed by atoms with van der Waals surface area (Å²) in [6, 6.07) is 8.38. The van der Waals surface area contributed by atoms with E-state index in [1.54, 1.807) is 0 Å². The molecule has 0 saturated heterocycles. The fraction of sp³-hybridized carbons (Fsp3) is 0.467. The van der Waals surface area contributed by atoms with Crippen LogP contribution in [0.5, 0.6) is 0 Å². The van der Waals surface area contributed by atoms with E-state index in [2.05, 4.69) is 30.0 Å². The Bertz CT molecular complexity index is 407. The van der Waals surface area contributed by atoms with Gasteiger partial charge in [0.05, 0.1) is 6.10 Å². The van der Waals surface area contributed by atoms with Crippen molar-refractivity contribution in [3.8, 4) is 11.8 Å². The van der Waals surface area contributed by atoms with E-state index in [9.17, 15) is 5.11 Å². The molecule has 1 heteroatoms. The Morgan fingerprint density at radius 1 is 1.44 bits per heavy atom. The third kappa shape index (κ3) is 2.87. The molecule has 0 aromatic heterocycles. The van der Waals surface area contributed by atoms with E-state index in [1.165, 1.54) is 18.4 Å². The summed E-state index contributed by atoms with van der Waals surface area (Å²) in [7, 11) is 0. The van der Waals surface area contributed by atoms with Crippen molar-refractivity contribution >= 4 is 0 Å². The molecule has 1 saturated carbocycles. The number of aliphatic hydroxyl groups excluding tert-OH is 1. The molecule has 1 aliphatic carbocycles. The van der Waals surface area contributed by atoms with Crippen molar-refractivity contribution in [3.05, 3.63) is 35.4 Å². The van der Waals surface area contributed by atoms with Crippen LogP contribution in [-0.4, -0.2) is 5.11 Å². The van der Waals surface area contributed by atoms with E-state index in [1.807, 2.05) is 13.0 Å². The highest BCUT2D eigenvalue weighted by atomic mass is 16.3. The third-order valence-corrected chi connectivity index (χ3v) is 3.06. The Morgan fingerprint density at radius 3 is 2.94 bits per heavy atom. The molecule has 0 bridgehead atoms. The van der Waals surface area contributed by atoms with Gasteiger partial charge in [0, 0.05) is 6.42 Å². The van der Waals surface area contributed by atoms with Gasteiger partial charge in [-0.15, -0.1) is 11.8 Å². The van der Waals surface area contributed by atoms with Gasteiger partial charge in [0.1, 0.15) is 0 Å². The quantitative estimate of drug-likeness (QED) is 0.762. The molecule has 1 fully saturated rings.